The molecule has 0 radical (unpaired) electrons. The number of carbonyl (C=O) groups is 1. The molecule has 0 bridgehead atoms. The van der Waals surface area contributed by atoms with E-state index < -0.39 is 0 Å². The van der Waals surface area contributed by atoms with Crippen molar-refractivity contribution in [3.05, 3.63) is 77.0 Å². The van der Waals surface area contributed by atoms with Crippen molar-refractivity contribution in [1.29, 1.82) is 0 Å². The maximum Gasteiger partial charge on any atom is 0.258 e. The number of piperidine rings is 1. The first-order valence-electron chi connectivity index (χ1n) is 12.3. The van der Waals surface area contributed by atoms with Gasteiger partial charge in [0.1, 0.15) is 0 Å². The number of likely N-dealkylation sites (N-methyl/N-ethyl adjacent to an activating group) is 1. The van der Waals surface area contributed by atoms with E-state index in [1.165, 1.54) is 5.57 Å². The van der Waals surface area contributed by atoms with Crippen molar-refractivity contribution in [3.63, 3.8) is 0 Å². The maximum atomic E-state index is 13.5. The number of benzene rings is 2. The molecule has 0 atom stereocenters. The zero-order valence-corrected chi connectivity index (χ0v) is 21.0. The maximum absolute atomic E-state index is 13.5. The van der Waals surface area contributed by atoms with Crippen LogP contribution in [0.5, 0.6) is 0 Å². The van der Waals surface area contributed by atoms with Crippen LogP contribution >= 0.6 is 0 Å². The van der Waals surface area contributed by atoms with Crippen LogP contribution in [0.1, 0.15) is 46.8 Å². The van der Waals surface area contributed by atoms with Crippen LogP contribution in [-0.4, -0.2) is 56.3 Å². The van der Waals surface area contributed by atoms with Gasteiger partial charge in [0.2, 0.25) is 0 Å². The van der Waals surface area contributed by atoms with E-state index in [9.17, 15) is 9.90 Å². The largest absolute Gasteiger partial charge is 0.396 e. The molecule has 0 unspecified atom stereocenters. The molecule has 2 aliphatic rings. The van der Waals surface area contributed by atoms with Gasteiger partial charge in [0.25, 0.3) is 5.91 Å². The highest BCUT2D eigenvalue weighted by atomic mass is 16.3. The van der Waals surface area contributed by atoms with Gasteiger partial charge in [-0.05, 0) is 112 Å². The highest BCUT2D eigenvalue weighted by molar-refractivity contribution is 6.07. The molecule has 2 aromatic carbocycles. The lowest BCUT2D eigenvalue weighted by Gasteiger charge is -2.37. The zero-order chi connectivity index (χ0) is 24.4. The van der Waals surface area contributed by atoms with Crippen LogP contribution in [-0.2, 0) is 6.42 Å². The molecule has 0 aliphatic carbocycles. The Morgan fingerprint density at radius 2 is 1.91 bits per heavy atom. The van der Waals surface area contributed by atoms with Crippen molar-refractivity contribution in [2.45, 2.75) is 33.1 Å². The van der Waals surface area contributed by atoms with Gasteiger partial charge in [0.15, 0.2) is 0 Å². The third kappa shape index (κ3) is 4.68. The average Bonchev–Trinajstić information content (AvgIpc) is 2.84. The van der Waals surface area contributed by atoms with Gasteiger partial charge in [-0.15, -0.1) is 0 Å². The third-order valence-corrected chi connectivity index (χ3v) is 7.39. The Hall–Kier alpha value is -2.89. The summed E-state index contributed by atoms with van der Waals surface area (Å²) in [5.41, 5.74) is 8.36. The van der Waals surface area contributed by atoms with E-state index in [1.54, 1.807) is 4.90 Å². The molecule has 1 amide bonds. The first kappa shape index (κ1) is 24.2. The number of nitrogens with zero attached hydrogens (tertiary/aromatic N) is 3. The molecule has 1 saturated heterocycles. The van der Waals surface area contributed by atoms with Gasteiger partial charge < -0.3 is 19.8 Å². The second-order valence-corrected chi connectivity index (χ2v) is 9.59. The lowest BCUT2D eigenvalue weighted by molar-refractivity contribution is 0.0993. The summed E-state index contributed by atoms with van der Waals surface area (Å²) < 4.78 is 0. The fourth-order valence-electron chi connectivity index (χ4n) is 5.22. The average molecular weight is 460 g/mol. The minimum Gasteiger partial charge on any atom is -0.396 e. The number of aliphatic hydroxyl groups excluding tert-OH is 1. The van der Waals surface area contributed by atoms with E-state index in [1.807, 2.05) is 38.2 Å². The Morgan fingerprint density at radius 3 is 2.59 bits per heavy atom. The number of fused-ring (bicyclic) bond motifs is 1. The summed E-state index contributed by atoms with van der Waals surface area (Å²) in [5, 5.41) is 9.38. The predicted octanol–water partition coefficient (Wildman–Crippen LogP) is 4.89. The summed E-state index contributed by atoms with van der Waals surface area (Å²) >= 11 is 0. The Morgan fingerprint density at radius 1 is 1.18 bits per heavy atom. The number of aliphatic hydroxyl groups is 1. The predicted molar refractivity (Wildman–Crippen MR) is 142 cm³/mol. The van der Waals surface area contributed by atoms with Crippen LogP contribution in [0.15, 0.2) is 54.8 Å². The van der Waals surface area contributed by atoms with Crippen molar-refractivity contribution in [2.24, 2.45) is 5.92 Å². The summed E-state index contributed by atoms with van der Waals surface area (Å²) in [6.45, 7) is 11.6. The lowest BCUT2D eigenvalue weighted by Crippen LogP contribution is -2.33. The van der Waals surface area contributed by atoms with E-state index in [-0.39, 0.29) is 12.5 Å². The van der Waals surface area contributed by atoms with E-state index in [4.69, 9.17) is 0 Å². The molecule has 34 heavy (non-hydrogen) atoms. The normalized spacial score (nSPS) is 16.9. The molecule has 1 N–H and O–H groups in total. The molecule has 4 rings (SSSR count). The van der Waals surface area contributed by atoms with Crippen molar-refractivity contribution < 1.29 is 9.90 Å². The second kappa shape index (κ2) is 10.2. The number of anilines is 2. The van der Waals surface area contributed by atoms with Crippen molar-refractivity contribution in [2.75, 3.05) is 50.1 Å². The highest BCUT2D eigenvalue weighted by Crippen LogP contribution is 2.42. The third-order valence-electron chi connectivity index (χ3n) is 7.39. The fraction of sp³-hybridized carbons (Fsp3) is 0.414. The van der Waals surface area contributed by atoms with Crippen molar-refractivity contribution in [3.8, 4) is 0 Å². The number of carbonyl (C=O) groups excluding carboxylic acids is 1. The Bertz CT molecular complexity index is 1110. The van der Waals surface area contributed by atoms with Gasteiger partial charge >= 0.3 is 0 Å². The van der Waals surface area contributed by atoms with Gasteiger partial charge in [0, 0.05) is 48.4 Å². The van der Waals surface area contributed by atoms with Gasteiger partial charge in [0.05, 0.1) is 0 Å². The molecule has 0 spiro atoms. The van der Waals surface area contributed by atoms with Gasteiger partial charge in [-0.2, -0.15) is 0 Å². The van der Waals surface area contributed by atoms with E-state index in [0.29, 0.717) is 17.9 Å². The first-order chi connectivity index (χ1) is 16.3. The summed E-state index contributed by atoms with van der Waals surface area (Å²) in [6, 6.07) is 12.1. The van der Waals surface area contributed by atoms with Crippen LogP contribution < -0.4 is 9.80 Å². The Kier molecular flexibility index (Phi) is 7.24. The number of rotatable bonds is 6. The minimum absolute atomic E-state index is 0.0308. The molecular formula is C29H37N3O2. The fourth-order valence-corrected chi connectivity index (χ4v) is 5.22. The quantitative estimate of drug-likeness (QED) is 0.669. The van der Waals surface area contributed by atoms with Crippen LogP contribution in [0.2, 0.25) is 0 Å². The molecule has 180 valence electrons. The highest BCUT2D eigenvalue weighted by Gasteiger charge is 2.29. The molecule has 1 fully saturated rings. The molecule has 5 nitrogen and oxygen atoms in total. The number of amides is 1. The van der Waals surface area contributed by atoms with Crippen LogP contribution in [0.25, 0.3) is 5.57 Å². The summed E-state index contributed by atoms with van der Waals surface area (Å²) in [7, 11) is 4.00. The molecule has 0 saturated carbocycles. The van der Waals surface area contributed by atoms with Crippen LogP contribution in [0.4, 0.5) is 11.4 Å². The Balaban J connectivity index is 1.68. The number of likely N-dealkylation sites (tertiary alicyclic amines) is 1. The molecule has 2 heterocycles. The molecule has 5 heteroatoms. The van der Waals surface area contributed by atoms with E-state index >= 15 is 0 Å². The standard InChI is InChI=1S/C29H37N3O2/c1-6-32-21(3)17-26(22-11-14-30(4)15-12-22)27-19-24(8-10-28(27)32)29(34)31(5)25-9-7-20(2)23(18-25)13-16-33/h7-10,17-19,22,33H,3,6,11-16H2,1-2,4-5H3. The number of hydrogen-bond acceptors (Lipinski definition) is 4. The van der Waals surface area contributed by atoms with Crippen LogP contribution in [0.3, 0.4) is 0 Å². The first-order valence-corrected chi connectivity index (χ1v) is 12.3. The monoisotopic (exact) mass is 459 g/mol. The molecule has 0 aromatic heterocycles. The number of hydrogen-bond donors (Lipinski definition) is 1. The lowest BCUT2D eigenvalue weighted by atomic mass is 9.81. The molecule has 2 aromatic rings. The number of allylic oxidation sites excluding steroid dienone is 2. The number of aryl methyl sites for hydroxylation is 1. The van der Waals surface area contributed by atoms with Gasteiger partial charge in [-0.3, -0.25) is 4.79 Å². The van der Waals surface area contributed by atoms with E-state index in [2.05, 4.69) is 48.6 Å². The smallest absolute Gasteiger partial charge is 0.258 e. The molecule has 2 aliphatic heterocycles. The van der Waals surface area contributed by atoms with E-state index in [0.717, 1.165) is 66.2 Å². The minimum atomic E-state index is -0.0308. The Labute approximate surface area is 204 Å². The van der Waals surface area contributed by atoms with Crippen molar-refractivity contribution in [1.82, 2.24) is 4.90 Å². The van der Waals surface area contributed by atoms with Gasteiger partial charge in [-0.1, -0.05) is 12.6 Å². The SMILES string of the molecule is C=C1C=C(C2CCN(C)CC2)c2cc(C(=O)N(C)c3ccc(C)c(CCO)c3)ccc2N1CC. The summed E-state index contributed by atoms with van der Waals surface area (Å²) in [4.78, 5) is 19.9. The van der Waals surface area contributed by atoms with Crippen LogP contribution in [0, 0.1) is 12.8 Å². The molecular weight excluding hydrogens is 422 g/mol. The zero-order valence-electron chi connectivity index (χ0n) is 21.0. The summed E-state index contributed by atoms with van der Waals surface area (Å²) in [6.07, 6.45) is 5.06. The topological polar surface area (TPSA) is 47.0 Å². The second-order valence-electron chi connectivity index (χ2n) is 9.59. The van der Waals surface area contributed by atoms with Gasteiger partial charge in [-0.25, -0.2) is 0 Å². The van der Waals surface area contributed by atoms with Crippen molar-refractivity contribution >= 4 is 22.9 Å². The summed E-state index contributed by atoms with van der Waals surface area (Å²) in [5.74, 6) is 0.448.